The predicted molar refractivity (Wildman–Crippen MR) is 86.0 cm³/mol. The number of hydrogen-bond acceptors (Lipinski definition) is 2. The standard InChI is InChI=1S/C17H21BrO2/c1-10(2)12-5-7-17(3,4)14-13(12)9-11(6-8-19)16(20)15(14)18/h5,8-10,20H,6-7H2,1-4H3. The molecule has 0 saturated carbocycles. The highest BCUT2D eigenvalue weighted by Crippen LogP contribution is 2.48. The van der Waals surface area contributed by atoms with Gasteiger partial charge in [-0.2, -0.15) is 0 Å². The first-order valence-corrected chi connectivity index (χ1v) is 7.77. The Bertz CT molecular complexity index is 583. The van der Waals surface area contributed by atoms with Gasteiger partial charge in [-0.1, -0.05) is 33.8 Å². The lowest BCUT2D eigenvalue weighted by atomic mass is 9.71. The molecule has 0 unspecified atom stereocenters. The third kappa shape index (κ3) is 2.44. The van der Waals surface area contributed by atoms with Crippen LogP contribution in [0.4, 0.5) is 0 Å². The number of benzene rings is 1. The van der Waals surface area contributed by atoms with Crippen molar-refractivity contribution in [2.24, 2.45) is 5.92 Å². The second-order valence-electron chi connectivity index (χ2n) is 6.39. The van der Waals surface area contributed by atoms with E-state index in [1.165, 1.54) is 5.57 Å². The SMILES string of the molecule is CC(C)C1=CCC(C)(C)c2c1cc(CC=O)c(O)c2Br. The number of rotatable bonds is 3. The quantitative estimate of drug-likeness (QED) is 0.818. The molecule has 0 atom stereocenters. The number of carbonyl (C=O) groups excluding carboxylic acids is 1. The number of carbonyl (C=O) groups is 1. The number of fused-ring (bicyclic) bond motifs is 1. The lowest BCUT2D eigenvalue weighted by Crippen LogP contribution is -2.24. The second-order valence-corrected chi connectivity index (χ2v) is 7.19. The summed E-state index contributed by atoms with van der Waals surface area (Å²) in [5, 5.41) is 10.3. The molecule has 108 valence electrons. The van der Waals surface area contributed by atoms with Crippen LogP contribution in [0, 0.1) is 5.92 Å². The van der Waals surface area contributed by atoms with Crippen molar-refractivity contribution >= 4 is 27.8 Å². The van der Waals surface area contributed by atoms with E-state index >= 15 is 0 Å². The lowest BCUT2D eigenvalue weighted by Gasteiger charge is -2.35. The number of allylic oxidation sites excluding steroid dienone is 2. The highest BCUT2D eigenvalue weighted by molar-refractivity contribution is 9.10. The zero-order valence-electron chi connectivity index (χ0n) is 12.5. The minimum atomic E-state index is -0.0241. The third-order valence-corrected chi connectivity index (χ3v) is 4.84. The molecule has 0 aromatic heterocycles. The highest BCUT2D eigenvalue weighted by atomic mass is 79.9. The Hall–Kier alpha value is -1.09. The Morgan fingerprint density at radius 2 is 2.10 bits per heavy atom. The maximum Gasteiger partial charge on any atom is 0.133 e. The molecule has 1 aliphatic carbocycles. The van der Waals surface area contributed by atoms with Gasteiger partial charge < -0.3 is 9.90 Å². The number of aromatic hydroxyl groups is 1. The van der Waals surface area contributed by atoms with Gasteiger partial charge in [0.05, 0.1) is 4.47 Å². The van der Waals surface area contributed by atoms with Gasteiger partial charge in [-0.3, -0.25) is 0 Å². The molecule has 1 aromatic rings. The van der Waals surface area contributed by atoms with Crippen LogP contribution in [0.15, 0.2) is 16.6 Å². The van der Waals surface area contributed by atoms with E-state index in [1.807, 2.05) is 6.07 Å². The van der Waals surface area contributed by atoms with Crippen LogP contribution in [0.3, 0.4) is 0 Å². The van der Waals surface area contributed by atoms with Crippen LogP contribution < -0.4 is 0 Å². The molecule has 2 nitrogen and oxygen atoms in total. The van der Waals surface area contributed by atoms with Gasteiger partial charge in [0, 0.05) is 12.0 Å². The van der Waals surface area contributed by atoms with E-state index in [9.17, 15) is 9.90 Å². The van der Waals surface area contributed by atoms with Crippen LogP contribution in [0.2, 0.25) is 0 Å². The Kier molecular flexibility index (Phi) is 4.10. The summed E-state index contributed by atoms with van der Waals surface area (Å²) in [4.78, 5) is 10.8. The van der Waals surface area contributed by atoms with Gasteiger partial charge >= 0.3 is 0 Å². The van der Waals surface area contributed by atoms with Crippen LogP contribution in [0.1, 0.15) is 50.8 Å². The van der Waals surface area contributed by atoms with E-state index in [-0.39, 0.29) is 17.6 Å². The van der Waals surface area contributed by atoms with Crippen molar-refractivity contribution in [2.75, 3.05) is 0 Å². The largest absolute Gasteiger partial charge is 0.506 e. The predicted octanol–water partition coefficient (Wildman–Crippen LogP) is 4.62. The zero-order valence-corrected chi connectivity index (χ0v) is 14.0. The molecule has 1 N–H and O–H groups in total. The molecule has 2 rings (SSSR count). The average molecular weight is 337 g/mol. The molecule has 3 heteroatoms. The molecule has 0 aliphatic heterocycles. The van der Waals surface area contributed by atoms with Gasteiger partial charge in [-0.15, -0.1) is 0 Å². The molecule has 0 bridgehead atoms. The Balaban J connectivity index is 2.76. The Labute approximate surface area is 129 Å². The number of phenolic OH excluding ortho intramolecular Hbond substituents is 1. The van der Waals surface area contributed by atoms with E-state index in [2.05, 4.69) is 49.7 Å². The Morgan fingerprint density at radius 1 is 1.45 bits per heavy atom. The van der Waals surface area contributed by atoms with Crippen molar-refractivity contribution in [1.82, 2.24) is 0 Å². The normalized spacial score (nSPS) is 16.8. The zero-order chi connectivity index (χ0) is 15.1. The summed E-state index contributed by atoms with van der Waals surface area (Å²) < 4.78 is 0.739. The molecular formula is C17H21BrO2. The minimum Gasteiger partial charge on any atom is -0.506 e. The second kappa shape index (κ2) is 5.36. The number of phenols is 1. The smallest absolute Gasteiger partial charge is 0.133 e. The average Bonchev–Trinajstić information content (AvgIpc) is 2.34. The first kappa shape index (κ1) is 15.3. The molecule has 1 aliphatic rings. The summed E-state index contributed by atoms with van der Waals surface area (Å²) in [6.45, 7) is 8.72. The molecule has 0 amide bonds. The van der Waals surface area contributed by atoms with E-state index in [1.54, 1.807) is 0 Å². The summed E-state index contributed by atoms with van der Waals surface area (Å²) in [6.07, 6.45) is 4.32. The van der Waals surface area contributed by atoms with Crippen LogP contribution in [-0.4, -0.2) is 11.4 Å². The van der Waals surface area contributed by atoms with Gasteiger partial charge in [-0.05, 0) is 56.5 Å². The van der Waals surface area contributed by atoms with Crippen molar-refractivity contribution in [3.8, 4) is 5.75 Å². The summed E-state index contributed by atoms with van der Waals surface area (Å²) in [7, 11) is 0. The molecule has 1 aromatic carbocycles. The fourth-order valence-corrected chi connectivity index (χ4v) is 3.96. The van der Waals surface area contributed by atoms with Crippen molar-refractivity contribution < 1.29 is 9.90 Å². The number of aldehydes is 1. The monoisotopic (exact) mass is 336 g/mol. The molecule has 0 spiro atoms. The molecule has 0 radical (unpaired) electrons. The van der Waals surface area contributed by atoms with Gasteiger partial charge in [0.25, 0.3) is 0 Å². The van der Waals surface area contributed by atoms with E-state index in [0.29, 0.717) is 11.5 Å². The number of halogens is 1. The lowest BCUT2D eigenvalue weighted by molar-refractivity contribution is -0.107. The topological polar surface area (TPSA) is 37.3 Å². The first-order chi connectivity index (χ1) is 9.29. The van der Waals surface area contributed by atoms with Crippen molar-refractivity contribution in [3.05, 3.63) is 33.3 Å². The summed E-state index contributed by atoms with van der Waals surface area (Å²) >= 11 is 3.55. The molecule has 0 fully saturated rings. The maximum absolute atomic E-state index is 10.8. The Morgan fingerprint density at radius 3 is 2.65 bits per heavy atom. The van der Waals surface area contributed by atoms with Crippen molar-refractivity contribution in [2.45, 2.75) is 46.0 Å². The molecule has 0 heterocycles. The molecular weight excluding hydrogens is 316 g/mol. The van der Waals surface area contributed by atoms with Gasteiger partial charge in [0.1, 0.15) is 12.0 Å². The van der Waals surface area contributed by atoms with Crippen LogP contribution in [-0.2, 0) is 16.6 Å². The van der Waals surface area contributed by atoms with E-state index < -0.39 is 0 Å². The van der Waals surface area contributed by atoms with E-state index in [4.69, 9.17) is 0 Å². The van der Waals surface area contributed by atoms with Crippen LogP contribution in [0.25, 0.3) is 5.57 Å². The fraction of sp³-hybridized carbons (Fsp3) is 0.471. The minimum absolute atomic E-state index is 0.0241. The maximum atomic E-state index is 10.8. The van der Waals surface area contributed by atoms with Crippen LogP contribution in [0.5, 0.6) is 5.75 Å². The van der Waals surface area contributed by atoms with E-state index in [0.717, 1.165) is 28.3 Å². The van der Waals surface area contributed by atoms with Crippen molar-refractivity contribution in [1.29, 1.82) is 0 Å². The first-order valence-electron chi connectivity index (χ1n) is 6.98. The number of hydrogen-bond donors (Lipinski definition) is 1. The van der Waals surface area contributed by atoms with Gasteiger partial charge in [-0.25, -0.2) is 0 Å². The fourth-order valence-electron chi connectivity index (χ4n) is 2.95. The molecule has 0 saturated heterocycles. The molecule has 20 heavy (non-hydrogen) atoms. The van der Waals surface area contributed by atoms with Crippen LogP contribution >= 0.6 is 15.9 Å². The summed E-state index contributed by atoms with van der Waals surface area (Å²) in [6, 6.07) is 1.98. The van der Waals surface area contributed by atoms with Gasteiger partial charge in [0.2, 0.25) is 0 Å². The van der Waals surface area contributed by atoms with Crippen molar-refractivity contribution in [3.63, 3.8) is 0 Å². The van der Waals surface area contributed by atoms with Gasteiger partial charge in [0.15, 0.2) is 0 Å². The highest BCUT2D eigenvalue weighted by Gasteiger charge is 2.33. The summed E-state index contributed by atoms with van der Waals surface area (Å²) in [5.41, 5.74) is 4.28. The summed E-state index contributed by atoms with van der Waals surface area (Å²) in [5.74, 6) is 0.624. The third-order valence-electron chi connectivity index (χ3n) is 4.06.